The van der Waals surface area contributed by atoms with Gasteiger partial charge < -0.3 is 10.5 Å². The summed E-state index contributed by atoms with van der Waals surface area (Å²) in [4.78, 5) is 0. The molecule has 0 amide bonds. The molecule has 4 heteroatoms. The van der Waals surface area contributed by atoms with Gasteiger partial charge in [0.25, 0.3) is 0 Å². The third-order valence-corrected chi connectivity index (χ3v) is 3.94. The SMILES string of the molecule is CC1(C(N)c2cc(Br)ccc2F)CCCCO1. The predicted octanol–water partition coefficient (Wildman–Crippen LogP) is 3.55. The van der Waals surface area contributed by atoms with Gasteiger partial charge in [-0.25, -0.2) is 4.39 Å². The summed E-state index contributed by atoms with van der Waals surface area (Å²) < 4.78 is 20.4. The van der Waals surface area contributed by atoms with Crippen LogP contribution in [-0.4, -0.2) is 12.2 Å². The summed E-state index contributed by atoms with van der Waals surface area (Å²) in [6, 6.07) is 4.42. The molecular formula is C13H17BrFNO. The molecule has 1 aromatic carbocycles. The van der Waals surface area contributed by atoms with Crippen molar-refractivity contribution in [1.82, 2.24) is 0 Å². The summed E-state index contributed by atoms with van der Waals surface area (Å²) in [6.45, 7) is 2.68. The minimum Gasteiger partial charge on any atom is -0.373 e. The molecule has 0 saturated carbocycles. The Labute approximate surface area is 109 Å². The lowest BCUT2D eigenvalue weighted by molar-refractivity contribution is -0.0826. The van der Waals surface area contributed by atoms with Crippen molar-refractivity contribution in [3.05, 3.63) is 34.1 Å². The van der Waals surface area contributed by atoms with Gasteiger partial charge in [0.2, 0.25) is 0 Å². The van der Waals surface area contributed by atoms with Crippen molar-refractivity contribution in [2.45, 2.75) is 37.8 Å². The third-order valence-electron chi connectivity index (χ3n) is 3.45. The van der Waals surface area contributed by atoms with Crippen molar-refractivity contribution in [2.24, 2.45) is 5.73 Å². The molecule has 0 aromatic heterocycles. The zero-order valence-electron chi connectivity index (χ0n) is 9.88. The highest BCUT2D eigenvalue weighted by Gasteiger charge is 2.36. The van der Waals surface area contributed by atoms with Gasteiger partial charge in [-0.3, -0.25) is 0 Å². The van der Waals surface area contributed by atoms with Gasteiger partial charge in [-0.15, -0.1) is 0 Å². The maximum atomic E-state index is 13.8. The molecule has 0 radical (unpaired) electrons. The Bertz CT molecular complexity index is 404. The molecule has 2 N–H and O–H groups in total. The zero-order chi connectivity index (χ0) is 12.5. The largest absolute Gasteiger partial charge is 0.373 e. The Morgan fingerprint density at radius 1 is 1.47 bits per heavy atom. The fraction of sp³-hybridized carbons (Fsp3) is 0.538. The molecule has 94 valence electrons. The van der Waals surface area contributed by atoms with E-state index in [0.717, 1.165) is 23.7 Å². The third kappa shape index (κ3) is 2.69. The second-order valence-electron chi connectivity index (χ2n) is 4.76. The Hall–Kier alpha value is -0.450. The van der Waals surface area contributed by atoms with Crippen LogP contribution in [0.2, 0.25) is 0 Å². The summed E-state index contributed by atoms with van der Waals surface area (Å²) >= 11 is 3.34. The van der Waals surface area contributed by atoms with Crippen LogP contribution in [0.3, 0.4) is 0 Å². The monoisotopic (exact) mass is 301 g/mol. The highest BCUT2D eigenvalue weighted by molar-refractivity contribution is 9.10. The molecule has 1 aromatic rings. The first-order chi connectivity index (χ1) is 8.03. The number of benzene rings is 1. The first-order valence-corrected chi connectivity index (χ1v) is 6.67. The van der Waals surface area contributed by atoms with E-state index < -0.39 is 11.6 Å². The molecule has 1 aliphatic rings. The van der Waals surface area contributed by atoms with Crippen LogP contribution < -0.4 is 5.73 Å². The first kappa shape index (κ1) is 13.0. The molecule has 0 aliphatic carbocycles. The van der Waals surface area contributed by atoms with Gasteiger partial charge in [-0.1, -0.05) is 15.9 Å². The number of nitrogens with two attached hydrogens (primary N) is 1. The number of ether oxygens (including phenoxy) is 1. The van der Waals surface area contributed by atoms with E-state index >= 15 is 0 Å². The van der Waals surface area contributed by atoms with Gasteiger partial charge in [-0.05, 0) is 44.4 Å². The van der Waals surface area contributed by atoms with Crippen LogP contribution >= 0.6 is 15.9 Å². The first-order valence-electron chi connectivity index (χ1n) is 5.87. The van der Waals surface area contributed by atoms with Gasteiger partial charge in [0.1, 0.15) is 5.82 Å². The van der Waals surface area contributed by atoms with E-state index in [4.69, 9.17) is 10.5 Å². The number of hydrogen-bond acceptors (Lipinski definition) is 2. The van der Waals surface area contributed by atoms with Crippen molar-refractivity contribution in [3.63, 3.8) is 0 Å². The van der Waals surface area contributed by atoms with Gasteiger partial charge in [0, 0.05) is 16.6 Å². The van der Waals surface area contributed by atoms with E-state index in [9.17, 15) is 4.39 Å². The molecule has 1 heterocycles. The normalized spacial score (nSPS) is 26.8. The van der Waals surface area contributed by atoms with Crippen LogP contribution in [0.15, 0.2) is 22.7 Å². The smallest absolute Gasteiger partial charge is 0.128 e. The van der Waals surface area contributed by atoms with Crippen LogP contribution in [0.5, 0.6) is 0 Å². The van der Waals surface area contributed by atoms with Crippen LogP contribution in [0.25, 0.3) is 0 Å². The van der Waals surface area contributed by atoms with E-state index in [2.05, 4.69) is 15.9 Å². The zero-order valence-corrected chi connectivity index (χ0v) is 11.5. The van der Waals surface area contributed by atoms with Crippen molar-refractivity contribution in [3.8, 4) is 0 Å². The summed E-state index contributed by atoms with van der Waals surface area (Å²) in [6.07, 6.45) is 3.02. The maximum Gasteiger partial charge on any atom is 0.128 e. The maximum absolute atomic E-state index is 13.8. The Kier molecular flexibility index (Phi) is 3.85. The molecule has 2 rings (SSSR count). The molecule has 2 unspecified atom stereocenters. The fourth-order valence-electron chi connectivity index (χ4n) is 2.28. The molecule has 17 heavy (non-hydrogen) atoms. The lowest BCUT2D eigenvalue weighted by Gasteiger charge is -2.39. The van der Waals surface area contributed by atoms with Crippen molar-refractivity contribution < 1.29 is 9.13 Å². The standard InChI is InChI=1S/C13H17BrFNO/c1-13(6-2-3-7-17-13)12(16)10-8-9(14)4-5-11(10)15/h4-5,8,12H,2-3,6-7,16H2,1H3. The van der Waals surface area contributed by atoms with Crippen molar-refractivity contribution in [2.75, 3.05) is 6.61 Å². The Morgan fingerprint density at radius 2 is 2.24 bits per heavy atom. The molecule has 0 bridgehead atoms. The highest BCUT2D eigenvalue weighted by Crippen LogP contribution is 2.36. The quantitative estimate of drug-likeness (QED) is 0.907. The average molecular weight is 302 g/mol. The van der Waals surface area contributed by atoms with E-state index in [1.165, 1.54) is 6.07 Å². The van der Waals surface area contributed by atoms with Crippen LogP contribution in [0, 0.1) is 5.82 Å². The summed E-state index contributed by atoms with van der Waals surface area (Å²) in [5.74, 6) is -0.268. The second-order valence-corrected chi connectivity index (χ2v) is 5.68. The highest BCUT2D eigenvalue weighted by atomic mass is 79.9. The fourth-order valence-corrected chi connectivity index (χ4v) is 2.66. The minimum atomic E-state index is -0.458. The number of halogens is 2. The van der Waals surface area contributed by atoms with Crippen molar-refractivity contribution >= 4 is 15.9 Å². The predicted molar refractivity (Wildman–Crippen MR) is 69.2 cm³/mol. The summed E-state index contributed by atoms with van der Waals surface area (Å²) in [7, 11) is 0. The molecular weight excluding hydrogens is 285 g/mol. The van der Waals surface area contributed by atoms with Gasteiger partial charge in [0.15, 0.2) is 0 Å². The lowest BCUT2D eigenvalue weighted by Crippen LogP contribution is -2.43. The molecule has 0 spiro atoms. The Morgan fingerprint density at radius 3 is 2.88 bits per heavy atom. The van der Waals surface area contributed by atoms with E-state index in [1.54, 1.807) is 12.1 Å². The van der Waals surface area contributed by atoms with Crippen LogP contribution in [0.1, 0.15) is 37.8 Å². The van der Waals surface area contributed by atoms with Crippen LogP contribution in [-0.2, 0) is 4.74 Å². The Balaban J connectivity index is 2.29. The van der Waals surface area contributed by atoms with Gasteiger partial charge in [-0.2, -0.15) is 0 Å². The number of rotatable bonds is 2. The van der Waals surface area contributed by atoms with E-state index in [0.29, 0.717) is 12.2 Å². The summed E-state index contributed by atoms with van der Waals surface area (Å²) in [5.41, 5.74) is 6.25. The minimum absolute atomic E-state index is 0.268. The van der Waals surface area contributed by atoms with E-state index in [1.807, 2.05) is 6.92 Å². The summed E-state index contributed by atoms with van der Waals surface area (Å²) in [5, 5.41) is 0. The van der Waals surface area contributed by atoms with Crippen LogP contribution in [0.4, 0.5) is 4.39 Å². The topological polar surface area (TPSA) is 35.2 Å². The van der Waals surface area contributed by atoms with Gasteiger partial charge >= 0.3 is 0 Å². The van der Waals surface area contributed by atoms with Crippen molar-refractivity contribution in [1.29, 1.82) is 0 Å². The molecule has 1 aliphatic heterocycles. The lowest BCUT2D eigenvalue weighted by atomic mass is 9.84. The number of hydrogen-bond donors (Lipinski definition) is 1. The molecule has 2 atom stereocenters. The molecule has 2 nitrogen and oxygen atoms in total. The molecule has 1 saturated heterocycles. The van der Waals surface area contributed by atoms with E-state index in [-0.39, 0.29) is 5.82 Å². The molecule has 1 fully saturated rings. The van der Waals surface area contributed by atoms with Gasteiger partial charge in [0.05, 0.1) is 11.6 Å². The second kappa shape index (κ2) is 5.04. The average Bonchev–Trinajstić information content (AvgIpc) is 2.32.